The van der Waals surface area contributed by atoms with E-state index in [1.54, 1.807) is 19.9 Å². The first-order valence-corrected chi connectivity index (χ1v) is 10.7. The van der Waals surface area contributed by atoms with Gasteiger partial charge in [-0.05, 0) is 25.8 Å². The smallest absolute Gasteiger partial charge is 0.408 e. The van der Waals surface area contributed by atoms with Crippen LogP contribution in [-0.4, -0.2) is 36.7 Å². The molecule has 1 N–H and O–H groups in total. The summed E-state index contributed by atoms with van der Waals surface area (Å²) in [5, 5.41) is 1.49. The van der Waals surface area contributed by atoms with Crippen LogP contribution in [0.4, 0.5) is 4.79 Å². The number of benzene rings is 1. The monoisotopic (exact) mass is 395 g/mol. The number of hydrogen-bond donors (Lipinski definition) is 1. The van der Waals surface area contributed by atoms with Gasteiger partial charge in [-0.25, -0.2) is 4.79 Å². The first-order valence-electron chi connectivity index (χ1n) is 8.91. The minimum Gasteiger partial charge on any atom is -0.466 e. The maximum absolute atomic E-state index is 13.5. The molecule has 1 amide bonds. The lowest BCUT2D eigenvalue weighted by molar-refractivity contribution is -0.140. The van der Waals surface area contributed by atoms with Gasteiger partial charge < -0.3 is 19.3 Å². The highest BCUT2D eigenvalue weighted by Crippen LogP contribution is 2.72. The van der Waals surface area contributed by atoms with E-state index in [9.17, 15) is 14.2 Å². The minimum atomic E-state index is -3.58. The van der Waals surface area contributed by atoms with Crippen LogP contribution in [0, 0.1) is 5.92 Å². The summed E-state index contributed by atoms with van der Waals surface area (Å²) in [7, 11) is -3.58. The Bertz CT molecular complexity index is 722. The van der Waals surface area contributed by atoms with Crippen LogP contribution in [0.15, 0.2) is 43.0 Å². The Morgan fingerprint density at radius 1 is 1.26 bits per heavy atom. The molecule has 1 fully saturated rings. The van der Waals surface area contributed by atoms with E-state index in [4.69, 9.17) is 14.0 Å². The molecule has 148 valence electrons. The summed E-state index contributed by atoms with van der Waals surface area (Å²) in [6.07, 6.45) is 0.854. The van der Waals surface area contributed by atoms with Gasteiger partial charge in [0, 0.05) is 5.92 Å². The van der Waals surface area contributed by atoms with E-state index >= 15 is 0 Å². The molecular weight excluding hydrogens is 369 g/mol. The van der Waals surface area contributed by atoms with Crippen LogP contribution < -0.4 is 5.32 Å². The molecule has 8 heteroatoms. The lowest BCUT2D eigenvalue weighted by atomic mass is 10.2. The number of amides is 1. The van der Waals surface area contributed by atoms with Crippen LogP contribution in [0.25, 0.3) is 0 Å². The van der Waals surface area contributed by atoms with Gasteiger partial charge in [-0.3, -0.25) is 9.36 Å². The van der Waals surface area contributed by atoms with E-state index in [0.29, 0.717) is 6.42 Å². The molecule has 0 radical (unpaired) electrons. The molecule has 1 aromatic carbocycles. The van der Waals surface area contributed by atoms with E-state index in [-0.39, 0.29) is 25.7 Å². The van der Waals surface area contributed by atoms with Crippen LogP contribution >= 0.6 is 7.37 Å². The van der Waals surface area contributed by atoms with Crippen molar-refractivity contribution < 1.29 is 28.2 Å². The van der Waals surface area contributed by atoms with Gasteiger partial charge in [0.15, 0.2) is 0 Å². The van der Waals surface area contributed by atoms with Crippen LogP contribution in [0.2, 0.25) is 0 Å². The van der Waals surface area contributed by atoms with Crippen molar-refractivity contribution in [3.63, 3.8) is 0 Å². The largest absolute Gasteiger partial charge is 0.466 e. The standard InChI is InChI=1S/C19H26NO6P/c1-4-16-12-19(16,27(23,26-6-3)14-17(21)24-5-2)20-18(22)25-13-15-10-8-7-9-11-15/h4,7-11,16H,1,5-6,12-14H2,2-3H3,(H,20,22)/t16-,19+,27?/m1/s1. The Balaban J connectivity index is 2.12. The molecule has 1 aromatic rings. The van der Waals surface area contributed by atoms with Gasteiger partial charge in [0.1, 0.15) is 18.0 Å². The van der Waals surface area contributed by atoms with E-state index < -0.39 is 30.9 Å². The zero-order valence-electron chi connectivity index (χ0n) is 15.7. The Kier molecular flexibility index (Phi) is 7.22. The normalized spacial score (nSPS) is 23.0. The maximum Gasteiger partial charge on any atom is 0.408 e. The molecule has 1 aliphatic rings. The summed E-state index contributed by atoms with van der Waals surface area (Å²) in [6, 6.07) is 9.22. The lowest BCUT2D eigenvalue weighted by Crippen LogP contribution is -2.40. The van der Waals surface area contributed by atoms with Gasteiger partial charge in [-0.1, -0.05) is 36.4 Å². The van der Waals surface area contributed by atoms with E-state index in [2.05, 4.69) is 11.9 Å². The molecule has 0 heterocycles. The Morgan fingerprint density at radius 2 is 1.96 bits per heavy atom. The fraction of sp³-hybridized carbons (Fsp3) is 0.474. The predicted octanol–water partition coefficient (Wildman–Crippen LogP) is 3.69. The molecule has 0 aromatic heterocycles. The topological polar surface area (TPSA) is 90.9 Å². The molecule has 0 saturated heterocycles. The molecule has 0 aliphatic heterocycles. The summed E-state index contributed by atoms with van der Waals surface area (Å²) in [4.78, 5) is 24.3. The van der Waals surface area contributed by atoms with Gasteiger partial charge in [-0.15, -0.1) is 6.58 Å². The summed E-state index contributed by atoms with van der Waals surface area (Å²) in [5.74, 6) is -0.892. The molecule has 1 saturated carbocycles. The maximum atomic E-state index is 13.5. The number of rotatable bonds is 10. The third kappa shape index (κ3) is 4.99. The average Bonchev–Trinajstić information content (AvgIpc) is 3.36. The van der Waals surface area contributed by atoms with Gasteiger partial charge in [-0.2, -0.15) is 0 Å². The van der Waals surface area contributed by atoms with Crippen LogP contribution in [0.3, 0.4) is 0 Å². The molecule has 2 rings (SSSR count). The molecule has 0 spiro atoms. The second-order valence-electron chi connectivity index (χ2n) is 6.21. The number of carbonyl (C=O) groups is 2. The van der Waals surface area contributed by atoms with Crippen molar-refractivity contribution in [1.29, 1.82) is 0 Å². The van der Waals surface area contributed by atoms with Crippen LogP contribution in [0.1, 0.15) is 25.8 Å². The van der Waals surface area contributed by atoms with Crippen molar-refractivity contribution in [2.75, 3.05) is 19.4 Å². The molecule has 27 heavy (non-hydrogen) atoms. The number of hydrogen-bond acceptors (Lipinski definition) is 6. The van der Waals surface area contributed by atoms with Crippen molar-refractivity contribution in [3.05, 3.63) is 48.6 Å². The highest BCUT2D eigenvalue weighted by atomic mass is 31.2. The predicted molar refractivity (Wildman–Crippen MR) is 102 cm³/mol. The first-order chi connectivity index (χ1) is 12.9. The zero-order valence-corrected chi connectivity index (χ0v) is 16.6. The second kappa shape index (κ2) is 9.20. The zero-order chi connectivity index (χ0) is 19.9. The number of nitrogens with one attached hydrogen (secondary N) is 1. The third-order valence-electron chi connectivity index (χ3n) is 4.39. The molecule has 3 atom stereocenters. The molecule has 1 aliphatic carbocycles. The fourth-order valence-corrected chi connectivity index (χ4v) is 5.80. The number of esters is 1. The summed E-state index contributed by atoms with van der Waals surface area (Å²) >= 11 is 0. The Morgan fingerprint density at radius 3 is 2.52 bits per heavy atom. The van der Waals surface area contributed by atoms with Crippen molar-refractivity contribution in [2.45, 2.75) is 32.2 Å². The highest BCUT2D eigenvalue weighted by Gasteiger charge is 2.67. The number of carbonyl (C=O) groups excluding carboxylic acids is 2. The second-order valence-corrected chi connectivity index (χ2v) is 8.93. The molecule has 0 bridgehead atoms. The Hall–Kier alpha value is -2.11. The minimum absolute atomic E-state index is 0.0817. The van der Waals surface area contributed by atoms with E-state index in [1.165, 1.54) is 0 Å². The van der Waals surface area contributed by atoms with Gasteiger partial charge in [0.2, 0.25) is 7.37 Å². The van der Waals surface area contributed by atoms with Gasteiger partial charge in [0.05, 0.1) is 13.2 Å². The molecule has 7 nitrogen and oxygen atoms in total. The van der Waals surface area contributed by atoms with Crippen molar-refractivity contribution in [2.24, 2.45) is 5.92 Å². The lowest BCUT2D eigenvalue weighted by Gasteiger charge is -2.28. The quantitative estimate of drug-likeness (QED) is 0.369. The highest BCUT2D eigenvalue weighted by molar-refractivity contribution is 7.62. The van der Waals surface area contributed by atoms with Crippen LogP contribution in [-0.2, 0) is 30.0 Å². The number of ether oxygens (including phenoxy) is 2. The third-order valence-corrected chi connectivity index (χ3v) is 7.58. The van der Waals surface area contributed by atoms with Gasteiger partial charge in [0.25, 0.3) is 0 Å². The molecular formula is C19H26NO6P. The van der Waals surface area contributed by atoms with Crippen molar-refractivity contribution in [3.8, 4) is 0 Å². The SMILES string of the molecule is C=C[C@@H]1C[C@]1(NC(=O)OCc1ccccc1)P(=O)(CC(=O)OCC)OCC. The van der Waals surface area contributed by atoms with E-state index in [1.807, 2.05) is 30.3 Å². The fourth-order valence-electron chi connectivity index (χ4n) is 3.00. The Labute approximate surface area is 159 Å². The summed E-state index contributed by atoms with van der Waals surface area (Å²) in [5.41, 5.74) is 0.831. The summed E-state index contributed by atoms with van der Waals surface area (Å²) in [6.45, 7) is 7.48. The van der Waals surface area contributed by atoms with Crippen molar-refractivity contribution in [1.82, 2.24) is 5.32 Å². The first kappa shape index (κ1) is 21.2. The average molecular weight is 395 g/mol. The number of alkyl carbamates (subject to hydrolysis) is 1. The van der Waals surface area contributed by atoms with Crippen molar-refractivity contribution >= 4 is 19.4 Å². The van der Waals surface area contributed by atoms with Crippen LogP contribution in [0.5, 0.6) is 0 Å². The summed E-state index contributed by atoms with van der Waals surface area (Å²) < 4.78 is 29.2. The van der Waals surface area contributed by atoms with Gasteiger partial charge >= 0.3 is 12.1 Å². The van der Waals surface area contributed by atoms with E-state index in [0.717, 1.165) is 5.56 Å². The molecule has 1 unspecified atom stereocenters.